The fourth-order valence-corrected chi connectivity index (χ4v) is 3.38. The van der Waals surface area contributed by atoms with Gasteiger partial charge in [-0.3, -0.25) is 4.72 Å². The Morgan fingerprint density at radius 2 is 2.10 bits per heavy atom. The molecule has 0 atom stereocenters. The summed E-state index contributed by atoms with van der Waals surface area (Å²) in [5, 5.41) is 8.90. The number of aryl methyl sites for hydroxylation is 1. The van der Waals surface area contributed by atoms with Crippen molar-refractivity contribution in [2.24, 2.45) is 0 Å². The number of anilines is 1. The zero-order valence-corrected chi connectivity index (χ0v) is 13.9. The molecule has 1 aromatic heterocycles. The lowest BCUT2D eigenvalue weighted by Crippen LogP contribution is -2.14. The van der Waals surface area contributed by atoms with Crippen LogP contribution in [-0.4, -0.2) is 13.4 Å². The number of hydrogen-bond acceptors (Lipinski definition) is 4. The molecule has 1 aromatic carbocycles. The lowest BCUT2D eigenvalue weighted by atomic mass is 10.2. The molecule has 0 saturated carbocycles. The smallest absolute Gasteiger partial charge is 0.263 e. The molecule has 2 aromatic rings. The van der Waals surface area contributed by atoms with Gasteiger partial charge in [0.2, 0.25) is 0 Å². The minimum atomic E-state index is -3.89. The van der Waals surface area contributed by atoms with Gasteiger partial charge in [-0.05, 0) is 52.7 Å². The summed E-state index contributed by atoms with van der Waals surface area (Å²) in [7, 11) is -3.89. The van der Waals surface area contributed by atoms with Crippen molar-refractivity contribution in [3.05, 3.63) is 51.2 Å². The second kappa shape index (κ2) is 6.02. The molecule has 0 aliphatic heterocycles. The largest absolute Gasteiger partial charge is 0.278 e. The van der Waals surface area contributed by atoms with Gasteiger partial charge in [0.05, 0.1) is 28.5 Å². The third-order valence-corrected chi connectivity index (χ3v) is 5.31. The molecule has 8 heteroatoms. The predicted molar refractivity (Wildman–Crippen MR) is 83.6 cm³/mol. The molecule has 0 aliphatic carbocycles. The number of benzene rings is 1. The quantitative estimate of drug-likeness (QED) is 0.819. The van der Waals surface area contributed by atoms with Crippen LogP contribution in [0.3, 0.4) is 0 Å². The number of nitrogens with one attached hydrogen (secondary N) is 1. The Morgan fingerprint density at radius 3 is 2.71 bits per heavy atom. The Balaban J connectivity index is 2.43. The number of nitriles is 1. The van der Waals surface area contributed by atoms with Crippen LogP contribution in [0.4, 0.5) is 5.69 Å². The number of halogens is 2. The first-order valence-corrected chi connectivity index (χ1v) is 8.33. The molecule has 0 spiro atoms. The minimum absolute atomic E-state index is 0.0447. The molecule has 1 heterocycles. The summed E-state index contributed by atoms with van der Waals surface area (Å²) in [4.78, 5) is 3.87. The van der Waals surface area contributed by atoms with Crippen molar-refractivity contribution < 1.29 is 8.42 Å². The van der Waals surface area contributed by atoms with E-state index >= 15 is 0 Å². The Labute approximate surface area is 135 Å². The van der Waals surface area contributed by atoms with Crippen molar-refractivity contribution in [2.45, 2.75) is 11.8 Å². The average Bonchev–Trinajstić information content (AvgIpc) is 2.43. The fraction of sp³-hybridized carbons (Fsp3) is 0.0769. The SMILES string of the molecule is Cc1cc(NS(=O)(=O)c2cc(C#N)ccc2Cl)cnc1Br. The highest BCUT2D eigenvalue weighted by Crippen LogP contribution is 2.25. The third-order valence-electron chi connectivity index (χ3n) is 2.62. The average molecular weight is 387 g/mol. The van der Waals surface area contributed by atoms with E-state index in [1.807, 2.05) is 6.07 Å². The van der Waals surface area contributed by atoms with Crippen molar-refractivity contribution in [1.29, 1.82) is 5.26 Å². The zero-order valence-electron chi connectivity index (χ0n) is 10.8. The van der Waals surface area contributed by atoms with E-state index in [-0.39, 0.29) is 15.5 Å². The Bertz CT molecular complexity index is 847. The lowest BCUT2D eigenvalue weighted by Gasteiger charge is -2.10. The summed E-state index contributed by atoms with van der Waals surface area (Å²) in [6.45, 7) is 1.79. The van der Waals surface area contributed by atoms with Gasteiger partial charge in [-0.25, -0.2) is 13.4 Å². The van der Waals surface area contributed by atoms with Crippen LogP contribution >= 0.6 is 27.5 Å². The van der Waals surface area contributed by atoms with Crippen molar-refractivity contribution >= 4 is 43.2 Å². The highest BCUT2D eigenvalue weighted by molar-refractivity contribution is 9.10. The van der Waals surface area contributed by atoms with Gasteiger partial charge in [-0.1, -0.05) is 11.6 Å². The van der Waals surface area contributed by atoms with E-state index in [1.165, 1.54) is 24.4 Å². The molecule has 0 bridgehead atoms. The number of pyridine rings is 1. The Morgan fingerprint density at radius 1 is 1.38 bits per heavy atom. The van der Waals surface area contributed by atoms with Crippen molar-refractivity contribution in [3.8, 4) is 6.07 Å². The van der Waals surface area contributed by atoms with E-state index in [0.29, 0.717) is 10.3 Å². The molecule has 0 amide bonds. The van der Waals surface area contributed by atoms with Crippen LogP contribution in [0.1, 0.15) is 11.1 Å². The molecule has 108 valence electrons. The predicted octanol–water partition coefficient (Wildman–Crippen LogP) is 3.48. The molecule has 0 saturated heterocycles. The van der Waals surface area contributed by atoms with E-state index < -0.39 is 10.0 Å². The summed E-state index contributed by atoms with van der Waals surface area (Å²) in [5.41, 5.74) is 1.31. The number of hydrogen-bond donors (Lipinski definition) is 1. The van der Waals surface area contributed by atoms with Crippen molar-refractivity contribution in [1.82, 2.24) is 4.98 Å². The number of rotatable bonds is 3. The number of sulfonamides is 1. The second-order valence-electron chi connectivity index (χ2n) is 4.19. The number of nitrogens with zero attached hydrogens (tertiary/aromatic N) is 2. The summed E-state index contributed by atoms with van der Waals surface area (Å²) >= 11 is 9.15. The van der Waals surface area contributed by atoms with Gasteiger partial charge >= 0.3 is 0 Å². The van der Waals surface area contributed by atoms with Crippen LogP contribution < -0.4 is 4.72 Å². The van der Waals surface area contributed by atoms with E-state index in [1.54, 1.807) is 13.0 Å². The van der Waals surface area contributed by atoms with E-state index in [4.69, 9.17) is 16.9 Å². The minimum Gasteiger partial charge on any atom is -0.278 e. The van der Waals surface area contributed by atoms with E-state index in [2.05, 4.69) is 25.6 Å². The van der Waals surface area contributed by atoms with Gasteiger partial charge in [0.15, 0.2) is 0 Å². The van der Waals surface area contributed by atoms with Crippen LogP contribution in [0, 0.1) is 18.3 Å². The molecule has 21 heavy (non-hydrogen) atoms. The molecule has 0 aliphatic rings. The molecule has 5 nitrogen and oxygen atoms in total. The first kappa shape index (κ1) is 15.8. The second-order valence-corrected chi connectivity index (χ2v) is 7.00. The van der Waals surface area contributed by atoms with Gasteiger partial charge in [-0.2, -0.15) is 5.26 Å². The lowest BCUT2D eigenvalue weighted by molar-refractivity contribution is 0.601. The number of aromatic nitrogens is 1. The highest BCUT2D eigenvalue weighted by atomic mass is 79.9. The molecular formula is C13H9BrClN3O2S. The van der Waals surface area contributed by atoms with Gasteiger partial charge in [0, 0.05) is 0 Å². The summed E-state index contributed by atoms with van der Waals surface area (Å²) in [5.74, 6) is 0. The summed E-state index contributed by atoms with van der Waals surface area (Å²) in [6.07, 6.45) is 1.39. The van der Waals surface area contributed by atoms with Gasteiger partial charge in [0.1, 0.15) is 9.50 Å². The zero-order chi connectivity index (χ0) is 15.6. The highest BCUT2D eigenvalue weighted by Gasteiger charge is 2.19. The van der Waals surface area contributed by atoms with Gasteiger partial charge < -0.3 is 0 Å². The molecule has 0 fully saturated rings. The molecule has 0 unspecified atom stereocenters. The Kier molecular flexibility index (Phi) is 4.52. The standard InChI is InChI=1S/C13H9BrClN3O2S/c1-8-4-10(7-17-13(8)14)18-21(19,20)12-5-9(6-16)2-3-11(12)15/h2-5,7,18H,1H3. The van der Waals surface area contributed by atoms with Crippen LogP contribution in [0.15, 0.2) is 40.0 Å². The third kappa shape index (κ3) is 3.53. The van der Waals surface area contributed by atoms with E-state index in [9.17, 15) is 8.42 Å². The summed E-state index contributed by atoms with van der Waals surface area (Å²) < 4.78 is 27.7. The molecular weight excluding hydrogens is 378 g/mol. The Hall–Kier alpha value is -1.62. The van der Waals surface area contributed by atoms with Crippen LogP contribution in [0.2, 0.25) is 5.02 Å². The topological polar surface area (TPSA) is 82.9 Å². The molecule has 2 rings (SSSR count). The normalized spacial score (nSPS) is 11.0. The first-order valence-electron chi connectivity index (χ1n) is 5.68. The monoisotopic (exact) mass is 385 g/mol. The van der Waals surface area contributed by atoms with Crippen molar-refractivity contribution in [3.63, 3.8) is 0 Å². The molecule has 0 radical (unpaired) electrons. The van der Waals surface area contributed by atoms with Crippen LogP contribution in [0.5, 0.6) is 0 Å². The first-order chi connectivity index (χ1) is 9.83. The fourth-order valence-electron chi connectivity index (χ4n) is 1.60. The van der Waals surface area contributed by atoms with E-state index in [0.717, 1.165) is 5.56 Å². The van der Waals surface area contributed by atoms with Gasteiger partial charge in [0.25, 0.3) is 10.0 Å². The maximum Gasteiger partial charge on any atom is 0.263 e. The van der Waals surface area contributed by atoms with Gasteiger partial charge in [-0.15, -0.1) is 0 Å². The van der Waals surface area contributed by atoms with Crippen LogP contribution in [0.25, 0.3) is 0 Å². The summed E-state index contributed by atoms with van der Waals surface area (Å²) in [6, 6.07) is 7.57. The van der Waals surface area contributed by atoms with Crippen molar-refractivity contribution in [2.75, 3.05) is 4.72 Å². The molecule has 1 N–H and O–H groups in total. The maximum absolute atomic E-state index is 12.3. The maximum atomic E-state index is 12.3. The van der Waals surface area contributed by atoms with Crippen LogP contribution in [-0.2, 0) is 10.0 Å².